The zero-order valence-electron chi connectivity index (χ0n) is 15.8. The van der Waals surface area contributed by atoms with Crippen LogP contribution >= 0.6 is 0 Å². The van der Waals surface area contributed by atoms with Gasteiger partial charge in [-0.3, -0.25) is 0 Å². The van der Waals surface area contributed by atoms with Crippen LogP contribution in [0.15, 0.2) is 53.1 Å². The average Bonchev–Trinajstić information content (AvgIpc) is 3.40. The van der Waals surface area contributed by atoms with Gasteiger partial charge in [0, 0.05) is 12.0 Å². The summed E-state index contributed by atoms with van der Waals surface area (Å²) >= 11 is 0. The fourth-order valence-corrected chi connectivity index (χ4v) is 2.98. The van der Waals surface area contributed by atoms with Crippen LogP contribution in [0, 0.1) is 0 Å². The number of para-hydroxylation sites is 2. The maximum atomic E-state index is 6.03. The molecule has 0 aliphatic carbocycles. The lowest BCUT2D eigenvalue weighted by atomic mass is 10.2. The van der Waals surface area contributed by atoms with Crippen LogP contribution in [-0.2, 0) is 11.3 Å². The summed E-state index contributed by atoms with van der Waals surface area (Å²) in [6, 6.07) is 15.4. The van der Waals surface area contributed by atoms with Crippen molar-refractivity contribution in [2.24, 2.45) is 0 Å². The number of anilines is 1. The third-order valence-electron chi connectivity index (χ3n) is 4.39. The first-order valence-electron chi connectivity index (χ1n) is 9.45. The van der Waals surface area contributed by atoms with Gasteiger partial charge < -0.3 is 24.1 Å². The molecule has 1 aliphatic heterocycles. The predicted molar refractivity (Wildman–Crippen MR) is 105 cm³/mol. The van der Waals surface area contributed by atoms with Crippen LogP contribution in [0.4, 0.5) is 5.69 Å². The van der Waals surface area contributed by atoms with E-state index in [1.807, 2.05) is 55.5 Å². The summed E-state index contributed by atoms with van der Waals surface area (Å²) in [6.45, 7) is 4.37. The molecule has 1 saturated heterocycles. The first-order chi connectivity index (χ1) is 13.8. The average molecular weight is 381 g/mol. The SMILES string of the molecule is CCOc1ccc(-c2noc(CNc3ccccc3OC3CCOC3)n2)cc1. The van der Waals surface area contributed by atoms with Crippen LogP contribution < -0.4 is 14.8 Å². The number of ether oxygens (including phenoxy) is 3. The Labute approximate surface area is 163 Å². The topological polar surface area (TPSA) is 78.6 Å². The molecule has 2 heterocycles. The van der Waals surface area contributed by atoms with Crippen LogP contribution in [0.25, 0.3) is 11.4 Å². The van der Waals surface area contributed by atoms with E-state index in [1.165, 1.54) is 0 Å². The van der Waals surface area contributed by atoms with Crippen molar-refractivity contribution in [1.82, 2.24) is 10.1 Å². The molecule has 1 aliphatic rings. The molecular formula is C21H23N3O4. The molecule has 0 spiro atoms. The predicted octanol–water partition coefficient (Wildman–Crippen LogP) is 3.92. The molecule has 0 saturated carbocycles. The molecule has 7 nitrogen and oxygen atoms in total. The minimum atomic E-state index is 0.0950. The molecule has 0 amide bonds. The Morgan fingerprint density at radius 1 is 1.14 bits per heavy atom. The van der Waals surface area contributed by atoms with Crippen LogP contribution in [0.5, 0.6) is 11.5 Å². The Morgan fingerprint density at radius 3 is 2.79 bits per heavy atom. The van der Waals surface area contributed by atoms with Crippen LogP contribution in [0.3, 0.4) is 0 Å². The zero-order valence-corrected chi connectivity index (χ0v) is 15.8. The van der Waals surface area contributed by atoms with E-state index in [4.69, 9.17) is 18.7 Å². The number of benzene rings is 2. The van der Waals surface area contributed by atoms with Gasteiger partial charge in [-0.15, -0.1) is 0 Å². The van der Waals surface area contributed by atoms with Crippen LogP contribution in [0.2, 0.25) is 0 Å². The number of nitrogens with one attached hydrogen (secondary N) is 1. The first-order valence-corrected chi connectivity index (χ1v) is 9.45. The van der Waals surface area contributed by atoms with E-state index in [-0.39, 0.29) is 6.10 Å². The Hall–Kier alpha value is -3.06. The lowest BCUT2D eigenvalue weighted by molar-refractivity contribution is 0.142. The molecule has 1 unspecified atom stereocenters. The van der Waals surface area contributed by atoms with E-state index in [0.29, 0.717) is 31.5 Å². The van der Waals surface area contributed by atoms with Gasteiger partial charge in [-0.05, 0) is 43.3 Å². The van der Waals surface area contributed by atoms with E-state index in [2.05, 4.69) is 15.5 Å². The Kier molecular flexibility index (Phi) is 5.72. The molecule has 7 heteroatoms. The normalized spacial score (nSPS) is 16.1. The van der Waals surface area contributed by atoms with Gasteiger partial charge in [0.2, 0.25) is 11.7 Å². The summed E-state index contributed by atoms with van der Waals surface area (Å²) in [5.74, 6) is 2.67. The molecule has 1 aromatic heterocycles. The number of rotatable bonds is 8. The van der Waals surface area contributed by atoms with Crippen molar-refractivity contribution < 1.29 is 18.7 Å². The van der Waals surface area contributed by atoms with Crippen molar-refractivity contribution in [3.8, 4) is 22.9 Å². The van der Waals surface area contributed by atoms with E-state index in [9.17, 15) is 0 Å². The highest BCUT2D eigenvalue weighted by molar-refractivity contribution is 5.57. The molecule has 4 rings (SSSR count). The van der Waals surface area contributed by atoms with E-state index in [1.54, 1.807) is 0 Å². The zero-order chi connectivity index (χ0) is 19.2. The molecule has 1 fully saturated rings. The number of hydrogen-bond donors (Lipinski definition) is 1. The Balaban J connectivity index is 1.39. The first kappa shape index (κ1) is 18.3. The van der Waals surface area contributed by atoms with Gasteiger partial charge in [0.25, 0.3) is 0 Å². The van der Waals surface area contributed by atoms with Crippen molar-refractivity contribution in [2.75, 3.05) is 25.1 Å². The maximum Gasteiger partial charge on any atom is 0.246 e. The summed E-state index contributed by atoms with van der Waals surface area (Å²) < 4.78 is 22.2. The highest BCUT2D eigenvalue weighted by Gasteiger charge is 2.18. The lowest BCUT2D eigenvalue weighted by Gasteiger charge is -2.15. The minimum absolute atomic E-state index is 0.0950. The second-order valence-corrected chi connectivity index (χ2v) is 6.42. The van der Waals surface area contributed by atoms with Crippen molar-refractivity contribution in [1.29, 1.82) is 0 Å². The van der Waals surface area contributed by atoms with Gasteiger partial charge in [0.15, 0.2) is 0 Å². The fourth-order valence-electron chi connectivity index (χ4n) is 2.98. The molecule has 2 aromatic carbocycles. The fraction of sp³-hybridized carbons (Fsp3) is 0.333. The van der Waals surface area contributed by atoms with E-state index >= 15 is 0 Å². The lowest BCUT2D eigenvalue weighted by Crippen LogP contribution is -2.16. The molecule has 28 heavy (non-hydrogen) atoms. The summed E-state index contributed by atoms with van der Waals surface area (Å²) in [5, 5.41) is 7.38. The largest absolute Gasteiger partial charge is 0.494 e. The molecule has 146 valence electrons. The molecular weight excluding hydrogens is 358 g/mol. The third-order valence-corrected chi connectivity index (χ3v) is 4.39. The molecule has 1 N–H and O–H groups in total. The van der Waals surface area contributed by atoms with Gasteiger partial charge in [0.1, 0.15) is 17.6 Å². The van der Waals surface area contributed by atoms with Gasteiger partial charge in [-0.2, -0.15) is 4.98 Å². The van der Waals surface area contributed by atoms with Crippen LogP contribution in [-0.4, -0.2) is 36.1 Å². The third kappa shape index (κ3) is 4.43. The summed E-state index contributed by atoms with van der Waals surface area (Å²) in [7, 11) is 0. The van der Waals surface area contributed by atoms with Gasteiger partial charge >= 0.3 is 0 Å². The number of hydrogen-bond acceptors (Lipinski definition) is 7. The van der Waals surface area contributed by atoms with Crippen molar-refractivity contribution in [2.45, 2.75) is 26.0 Å². The number of aromatic nitrogens is 2. The summed E-state index contributed by atoms with van der Waals surface area (Å²) in [6.07, 6.45) is 1.00. The molecule has 3 aromatic rings. The van der Waals surface area contributed by atoms with Gasteiger partial charge in [-0.25, -0.2) is 0 Å². The maximum absolute atomic E-state index is 6.03. The van der Waals surface area contributed by atoms with E-state index in [0.717, 1.165) is 35.8 Å². The molecule has 1 atom stereocenters. The van der Waals surface area contributed by atoms with Gasteiger partial charge in [-0.1, -0.05) is 17.3 Å². The minimum Gasteiger partial charge on any atom is -0.494 e. The Bertz CT molecular complexity index is 889. The second-order valence-electron chi connectivity index (χ2n) is 6.42. The smallest absolute Gasteiger partial charge is 0.246 e. The van der Waals surface area contributed by atoms with Gasteiger partial charge in [0.05, 0.1) is 32.1 Å². The quantitative estimate of drug-likeness (QED) is 0.634. The molecule has 0 bridgehead atoms. The summed E-state index contributed by atoms with van der Waals surface area (Å²) in [5.41, 5.74) is 1.76. The van der Waals surface area contributed by atoms with Crippen LogP contribution in [0.1, 0.15) is 19.2 Å². The highest BCUT2D eigenvalue weighted by Crippen LogP contribution is 2.27. The van der Waals surface area contributed by atoms with Crippen molar-refractivity contribution in [3.63, 3.8) is 0 Å². The Morgan fingerprint density at radius 2 is 2.00 bits per heavy atom. The number of nitrogens with zero attached hydrogens (tertiary/aromatic N) is 2. The monoisotopic (exact) mass is 381 g/mol. The highest BCUT2D eigenvalue weighted by atomic mass is 16.5. The molecule has 0 radical (unpaired) electrons. The summed E-state index contributed by atoms with van der Waals surface area (Å²) in [4.78, 5) is 4.46. The standard InChI is InChI=1S/C21H23N3O4/c1-2-26-16-9-7-15(8-10-16)21-23-20(28-24-21)13-22-18-5-3-4-6-19(18)27-17-11-12-25-14-17/h3-10,17,22H,2,11-14H2,1H3. The van der Waals surface area contributed by atoms with E-state index < -0.39 is 0 Å². The van der Waals surface area contributed by atoms with Crippen molar-refractivity contribution >= 4 is 5.69 Å². The van der Waals surface area contributed by atoms with Crippen molar-refractivity contribution in [3.05, 3.63) is 54.4 Å². The second kappa shape index (κ2) is 8.75.